The summed E-state index contributed by atoms with van der Waals surface area (Å²) in [6, 6.07) is 4.27. The molecule has 2 fully saturated rings. The molecule has 136 valence electrons. The topological polar surface area (TPSA) is 58.6 Å². The predicted molar refractivity (Wildman–Crippen MR) is 97.9 cm³/mol. The molecule has 25 heavy (non-hydrogen) atoms. The molecule has 5 atom stereocenters. The van der Waals surface area contributed by atoms with Gasteiger partial charge in [0.15, 0.2) is 0 Å². The third-order valence-electron chi connectivity index (χ3n) is 7.31. The largest absolute Gasteiger partial charge is 0.495 e. The maximum Gasteiger partial charge on any atom is 0.221 e. The van der Waals surface area contributed by atoms with Crippen LogP contribution in [-0.2, 0) is 11.2 Å². The molecule has 3 unspecified atom stereocenters. The monoisotopic (exact) mass is 343 g/mol. The summed E-state index contributed by atoms with van der Waals surface area (Å²) in [5.74, 6) is 2.55. The zero-order valence-electron chi connectivity index (χ0n) is 15.5. The molecule has 4 nitrogen and oxygen atoms in total. The number of carbonyl (C=O) groups excluding carboxylic acids is 1. The summed E-state index contributed by atoms with van der Waals surface area (Å²) in [5, 5.41) is 13.4. The lowest BCUT2D eigenvalue weighted by atomic mass is 9.55. The lowest BCUT2D eigenvalue weighted by molar-refractivity contribution is -0.114. The van der Waals surface area contributed by atoms with Gasteiger partial charge in [-0.3, -0.25) is 4.79 Å². The molecular formula is C21H29NO3. The van der Waals surface area contributed by atoms with Crippen LogP contribution in [0.25, 0.3) is 0 Å². The number of aryl methyl sites for hydroxylation is 1. The fourth-order valence-corrected chi connectivity index (χ4v) is 6.03. The molecule has 2 saturated carbocycles. The van der Waals surface area contributed by atoms with Gasteiger partial charge in [0.25, 0.3) is 0 Å². The van der Waals surface area contributed by atoms with Gasteiger partial charge in [0.05, 0.1) is 18.9 Å². The highest BCUT2D eigenvalue weighted by atomic mass is 16.5. The number of fused-ring (bicyclic) bond motifs is 5. The second kappa shape index (κ2) is 6.01. The van der Waals surface area contributed by atoms with Crippen LogP contribution in [0.15, 0.2) is 12.1 Å². The minimum atomic E-state index is -0.128. The minimum absolute atomic E-state index is 0.0692. The fourth-order valence-electron chi connectivity index (χ4n) is 6.03. The number of benzene rings is 1. The molecule has 0 radical (unpaired) electrons. The number of hydrogen-bond donors (Lipinski definition) is 2. The Morgan fingerprint density at radius 2 is 2.08 bits per heavy atom. The van der Waals surface area contributed by atoms with E-state index in [0.717, 1.165) is 43.5 Å². The van der Waals surface area contributed by atoms with Crippen molar-refractivity contribution in [3.8, 4) is 5.75 Å². The van der Waals surface area contributed by atoms with E-state index in [9.17, 15) is 9.90 Å². The summed E-state index contributed by atoms with van der Waals surface area (Å²) in [4.78, 5) is 11.5. The molecule has 0 aromatic heterocycles. The number of methoxy groups -OCH3 is 1. The van der Waals surface area contributed by atoms with Crippen molar-refractivity contribution in [2.24, 2.45) is 17.3 Å². The summed E-state index contributed by atoms with van der Waals surface area (Å²) in [5.41, 5.74) is 3.65. The molecule has 1 aromatic rings. The van der Waals surface area contributed by atoms with E-state index in [0.29, 0.717) is 17.8 Å². The molecule has 4 rings (SSSR count). The van der Waals surface area contributed by atoms with Crippen LogP contribution < -0.4 is 10.1 Å². The van der Waals surface area contributed by atoms with E-state index < -0.39 is 0 Å². The summed E-state index contributed by atoms with van der Waals surface area (Å²) < 4.78 is 5.56. The first-order valence-electron chi connectivity index (χ1n) is 9.60. The van der Waals surface area contributed by atoms with Crippen molar-refractivity contribution in [1.29, 1.82) is 0 Å². The molecule has 2 N–H and O–H groups in total. The third kappa shape index (κ3) is 2.57. The van der Waals surface area contributed by atoms with E-state index >= 15 is 0 Å². The van der Waals surface area contributed by atoms with Gasteiger partial charge in [-0.15, -0.1) is 0 Å². The van der Waals surface area contributed by atoms with Gasteiger partial charge in [-0.1, -0.05) is 6.92 Å². The molecule has 3 aliphatic carbocycles. The predicted octanol–water partition coefficient (Wildman–Crippen LogP) is 3.87. The Morgan fingerprint density at radius 1 is 1.28 bits per heavy atom. The van der Waals surface area contributed by atoms with Gasteiger partial charge in [-0.05, 0) is 85.0 Å². The van der Waals surface area contributed by atoms with Crippen LogP contribution in [0.3, 0.4) is 0 Å². The number of amides is 1. The maximum absolute atomic E-state index is 11.5. The molecule has 1 amide bonds. The van der Waals surface area contributed by atoms with Crippen molar-refractivity contribution in [3.63, 3.8) is 0 Å². The van der Waals surface area contributed by atoms with Crippen molar-refractivity contribution in [1.82, 2.24) is 0 Å². The van der Waals surface area contributed by atoms with Crippen LogP contribution in [0.4, 0.5) is 5.69 Å². The molecule has 4 heteroatoms. The molecule has 3 aliphatic rings. The zero-order valence-corrected chi connectivity index (χ0v) is 15.5. The number of ether oxygens (including phenoxy) is 1. The number of rotatable bonds is 2. The Labute approximate surface area is 150 Å². The first-order valence-corrected chi connectivity index (χ1v) is 9.60. The smallest absolute Gasteiger partial charge is 0.221 e. The number of aliphatic hydroxyl groups is 1. The summed E-state index contributed by atoms with van der Waals surface area (Å²) >= 11 is 0. The molecule has 0 bridgehead atoms. The maximum atomic E-state index is 11.5. The average Bonchev–Trinajstić information content (AvgIpc) is 2.89. The number of carbonyl (C=O) groups is 1. The highest BCUT2D eigenvalue weighted by Gasteiger charge is 2.54. The van der Waals surface area contributed by atoms with Crippen molar-refractivity contribution in [2.75, 3.05) is 12.4 Å². The second-order valence-electron chi connectivity index (χ2n) is 8.49. The number of nitrogens with one attached hydrogen (secondary N) is 1. The van der Waals surface area contributed by atoms with Gasteiger partial charge < -0.3 is 15.2 Å². The number of aliphatic hydroxyl groups excluding tert-OH is 1. The van der Waals surface area contributed by atoms with Crippen molar-refractivity contribution < 1.29 is 14.6 Å². The van der Waals surface area contributed by atoms with Crippen LogP contribution in [0, 0.1) is 17.3 Å². The van der Waals surface area contributed by atoms with Crippen LogP contribution in [0.1, 0.15) is 63.0 Å². The molecular weight excluding hydrogens is 314 g/mol. The SMILES string of the molecule is COc1cc2c(cc1NC(C)=O)CCC1C2CC[C@@]2(C)C1CC[C@@H]2O. The van der Waals surface area contributed by atoms with Gasteiger partial charge >= 0.3 is 0 Å². The van der Waals surface area contributed by atoms with Crippen molar-refractivity contribution >= 4 is 11.6 Å². The lowest BCUT2D eigenvalue weighted by Crippen LogP contribution is -2.43. The van der Waals surface area contributed by atoms with Gasteiger partial charge in [-0.2, -0.15) is 0 Å². The number of hydrogen-bond acceptors (Lipinski definition) is 3. The normalized spacial score (nSPS) is 36.2. The van der Waals surface area contributed by atoms with Crippen molar-refractivity contribution in [2.45, 2.75) is 64.4 Å². The first-order chi connectivity index (χ1) is 11.9. The first kappa shape index (κ1) is 16.9. The summed E-state index contributed by atoms with van der Waals surface area (Å²) in [6.45, 7) is 3.84. The van der Waals surface area contributed by atoms with Crippen LogP contribution in [-0.4, -0.2) is 24.2 Å². The fraction of sp³-hybridized carbons (Fsp3) is 0.667. The van der Waals surface area contributed by atoms with E-state index in [1.807, 2.05) is 0 Å². The molecule has 0 saturated heterocycles. The Bertz CT molecular complexity index is 701. The average molecular weight is 343 g/mol. The van der Waals surface area contributed by atoms with E-state index in [1.54, 1.807) is 7.11 Å². The van der Waals surface area contributed by atoms with Gasteiger partial charge in [0.1, 0.15) is 5.75 Å². The third-order valence-corrected chi connectivity index (χ3v) is 7.31. The quantitative estimate of drug-likeness (QED) is 0.857. The van der Waals surface area contributed by atoms with Gasteiger partial charge in [-0.25, -0.2) is 0 Å². The van der Waals surface area contributed by atoms with Crippen LogP contribution >= 0.6 is 0 Å². The summed E-state index contributed by atoms with van der Waals surface area (Å²) in [6.07, 6.45) is 6.49. The molecule has 0 aliphatic heterocycles. The Balaban J connectivity index is 1.70. The van der Waals surface area contributed by atoms with Crippen LogP contribution in [0.5, 0.6) is 5.75 Å². The minimum Gasteiger partial charge on any atom is -0.495 e. The number of anilines is 1. The standard InChI is InChI=1S/C21H29NO3/c1-12(23)22-18-10-13-4-5-15-14(16(13)11-19(18)25-3)8-9-21(2)17(15)6-7-20(21)24/h10-11,14-15,17,20,24H,4-9H2,1-3H3,(H,22,23)/t14?,15?,17?,20-,21-/m0/s1. The van der Waals surface area contributed by atoms with Gasteiger partial charge in [0, 0.05) is 6.92 Å². The van der Waals surface area contributed by atoms with Crippen molar-refractivity contribution in [3.05, 3.63) is 23.3 Å². The molecule has 0 spiro atoms. The highest BCUT2D eigenvalue weighted by molar-refractivity contribution is 5.90. The Kier molecular flexibility index (Phi) is 4.06. The summed E-state index contributed by atoms with van der Waals surface area (Å²) in [7, 11) is 1.67. The Hall–Kier alpha value is -1.55. The van der Waals surface area contributed by atoms with E-state index in [-0.39, 0.29) is 17.4 Å². The molecule has 0 heterocycles. The Morgan fingerprint density at radius 3 is 2.80 bits per heavy atom. The molecule has 1 aromatic carbocycles. The van der Waals surface area contributed by atoms with E-state index in [2.05, 4.69) is 24.4 Å². The second-order valence-corrected chi connectivity index (χ2v) is 8.49. The van der Waals surface area contributed by atoms with Crippen LogP contribution in [0.2, 0.25) is 0 Å². The zero-order chi connectivity index (χ0) is 17.8. The van der Waals surface area contributed by atoms with E-state index in [4.69, 9.17) is 4.74 Å². The van der Waals surface area contributed by atoms with Gasteiger partial charge in [0.2, 0.25) is 5.91 Å². The lowest BCUT2D eigenvalue weighted by Gasteiger charge is -2.50. The van der Waals surface area contributed by atoms with E-state index in [1.165, 1.54) is 24.5 Å². The highest BCUT2D eigenvalue weighted by Crippen LogP contribution is 2.61.